The molecule has 1 amide bonds. The maximum Gasteiger partial charge on any atom is 0.250 e. The van der Waals surface area contributed by atoms with Gasteiger partial charge in [0, 0.05) is 12.2 Å². The fourth-order valence-electron chi connectivity index (χ4n) is 2.33. The Bertz CT molecular complexity index is 476. The van der Waals surface area contributed by atoms with Crippen LogP contribution in [0, 0.1) is 0 Å². The maximum atomic E-state index is 11.9. The van der Waals surface area contributed by atoms with Gasteiger partial charge in [-0.1, -0.05) is 0 Å². The molecule has 1 heterocycles. The third-order valence-corrected chi connectivity index (χ3v) is 3.68. The topological polar surface area (TPSA) is 62.8 Å². The second-order valence-corrected chi connectivity index (χ2v) is 5.98. The molecule has 0 atom stereocenters. The van der Waals surface area contributed by atoms with Crippen LogP contribution in [0.4, 0.5) is 5.69 Å². The zero-order chi connectivity index (χ0) is 16.5. The smallest absolute Gasteiger partial charge is 0.250 e. The molecule has 1 aliphatic rings. The molecule has 0 saturated carbocycles. The third kappa shape index (κ3) is 7.97. The van der Waals surface area contributed by atoms with Crippen LogP contribution in [0.5, 0.6) is 5.75 Å². The van der Waals surface area contributed by atoms with Crippen molar-refractivity contribution in [1.29, 1.82) is 0 Å². The summed E-state index contributed by atoms with van der Waals surface area (Å²) in [6.45, 7) is 3.53. The SMILES string of the molecule is CN(C)CCOc1ccc(NC(=O)COC2CCNCC2)cc1.Cl. The Morgan fingerprint density at radius 3 is 2.54 bits per heavy atom. The first kappa shape index (κ1) is 20.7. The molecule has 1 aromatic rings. The van der Waals surface area contributed by atoms with E-state index in [1.807, 2.05) is 38.4 Å². The lowest BCUT2D eigenvalue weighted by atomic mass is 10.1. The molecule has 1 aliphatic heterocycles. The van der Waals surface area contributed by atoms with Crippen LogP contribution in [0.25, 0.3) is 0 Å². The summed E-state index contributed by atoms with van der Waals surface area (Å²) >= 11 is 0. The Morgan fingerprint density at radius 1 is 1.25 bits per heavy atom. The highest BCUT2D eigenvalue weighted by atomic mass is 35.5. The fourth-order valence-corrected chi connectivity index (χ4v) is 2.33. The van der Waals surface area contributed by atoms with Crippen LogP contribution in [0.1, 0.15) is 12.8 Å². The lowest BCUT2D eigenvalue weighted by Gasteiger charge is -2.22. The lowest BCUT2D eigenvalue weighted by Crippen LogP contribution is -2.34. The molecular formula is C17H28ClN3O3. The Kier molecular flexibility index (Phi) is 9.71. The Morgan fingerprint density at radius 2 is 1.92 bits per heavy atom. The van der Waals surface area contributed by atoms with Crippen molar-refractivity contribution in [2.75, 3.05) is 52.3 Å². The van der Waals surface area contributed by atoms with Gasteiger partial charge >= 0.3 is 0 Å². The Labute approximate surface area is 150 Å². The van der Waals surface area contributed by atoms with Crippen molar-refractivity contribution < 1.29 is 14.3 Å². The number of anilines is 1. The van der Waals surface area contributed by atoms with E-state index in [1.165, 1.54) is 0 Å². The molecule has 2 rings (SSSR count). The highest BCUT2D eigenvalue weighted by Gasteiger charge is 2.14. The molecule has 24 heavy (non-hydrogen) atoms. The highest BCUT2D eigenvalue weighted by Crippen LogP contribution is 2.16. The van der Waals surface area contributed by atoms with Crippen molar-refractivity contribution in [3.8, 4) is 5.75 Å². The first-order valence-electron chi connectivity index (χ1n) is 8.13. The summed E-state index contributed by atoms with van der Waals surface area (Å²) < 4.78 is 11.3. The molecule has 1 saturated heterocycles. The quantitative estimate of drug-likeness (QED) is 0.742. The molecule has 2 N–H and O–H groups in total. The number of carbonyl (C=O) groups is 1. The number of carbonyl (C=O) groups excluding carboxylic acids is 1. The van der Waals surface area contributed by atoms with Crippen molar-refractivity contribution >= 4 is 24.0 Å². The van der Waals surface area contributed by atoms with E-state index in [9.17, 15) is 4.79 Å². The average Bonchev–Trinajstić information content (AvgIpc) is 2.55. The van der Waals surface area contributed by atoms with Crippen LogP contribution in [-0.2, 0) is 9.53 Å². The van der Waals surface area contributed by atoms with Gasteiger partial charge in [0.25, 0.3) is 0 Å². The Balaban J connectivity index is 0.00000288. The molecule has 0 spiro atoms. The maximum absolute atomic E-state index is 11.9. The number of rotatable bonds is 8. The predicted molar refractivity (Wildman–Crippen MR) is 98.2 cm³/mol. The van der Waals surface area contributed by atoms with E-state index >= 15 is 0 Å². The number of hydrogen-bond donors (Lipinski definition) is 2. The number of ether oxygens (including phenoxy) is 2. The van der Waals surface area contributed by atoms with E-state index in [-0.39, 0.29) is 31.0 Å². The summed E-state index contributed by atoms with van der Waals surface area (Å²) in [6, 6.07) is 7.40. The number of piperidine rings is 1. The fraction of sp³-hybridized carbons (Fsp3) is 0.588. The normalized spacial score (nSPS) is 15.0. The molecular weight excluding hydrogens is 330 g/mol. The van der Waals surface area contributed by atoms with Crippen LogP contribution in [-0.4, -0.2) is 63.9 Å². The number of halogens is 1. The second-order valence-electron chi connectivity index (χ2n) is 5.98. The number of likely N-dealkylation sites (N-methyl/N-ethyl adjacent to an activating group) is 1. The molecule has 1 aromatic carbocycles. The first-order chi connectivity index (χ1) is 11.1. The van der Waals surface area contributed by atoms with Crippen LogP contribution in [0.15, 0.2) is 24.3 Å². The minimum absolute atomic E-state index is 0. The van der Waals surface area contributed by atoms with Crippen LogP contribution in [0.2, 0.25) is 0 Å². The standard InChI is InChI=1S/C17H27N3O3.ClH/c1-20(2)11-12-22-15-5-3-14(4-6-15)19-17(21)13-23-16-7-9-18-10-8-16;/h3-6,16,18H,7-13H2,1-2H3,(H,19,21);1H. The molecule has 0 bridgehead atoms. The van der Waals surface area contributed by atoms with E-state index in [1.54, 1.807) is 0 Å². The summed E-state index contributed by atoms with van der Waals surface area (Å²) in [5.74, 6) is 0.681. The van der Waals surface area contributed by atoms with Crippen LogP contribution >= 0.6 is 12.4 Å². The van der Waals surface area contributed by atoms with Crippen molar-refractivity contribution in [1.82, 2.24) is 10.2 Å². The number of benzene rings is 1. The third-order valence-electron chi connectivity index (χ3n) is 3.68. The predicted octanol–water partition coefficient (Wildman–Crippen LogP) is 1.76. The van der Waals surface area contributed by atoms with Crippen molar-refractivity contribution in [3.63, 3.8) is 0 Å². The van der Waals surface area contributed by atoms with E-state index in [0.717, 1.165) is 43.9 Å². The lowest BCUT2D eigenvalue weighted by molar-refractivity contribution is -0.123. The van der Waals surface area contributed by atoms with Gasteiger partial charge in [-0.15, -0.1) is 12.4 Å². The van der Waals surface area contributed by atoms with Gasteiger partial charge in [0.05, 0.1) is 6.10 Å². The summed E-state index contributed by atoms with van der Waals surface area (Å²) in [5.41, 5.74) is 0.754. The van der Waals surface area contributed by atoms with E-state index < -0.39 is 0 Å². The number of hydrogen-bond acceptors (Lipinski definition) is 5. The van der Waals surface area contributed by atoms with Gasteiger partial charge in [-0.25, -0.2) is 0 Å². The van der Waals surface area contributed by atoms with Crippen LogP contribution in [0.3, 0.4) is 0 Å². The minimum atomic E-state index is -0.121. The van der Waals surface area contributed by atoms with Gasteiger partial charge in [0.2, 0.25) is 5.91 Å². The van der Waals surface area contributed by atoms with Crippen molar-refractivity contribution in [2.24, 2.45) is 0 Å². The summed E-state index contributed by atoms with van der Waals surface area (Å²) in [5, 5.41) is 6.11. The van der Waals surface area contributed by atoms with Gasteiger partial charge < -0.3 is 25.0 Å². The summed E-state index contributed by atoms with van der Waals surface area (Å²) in [6.07, 6.45) is 2.12. The largest absolute Gasteiger partial charge is 0.492 e. The first-order valence-corrected chi connectivity index (χ1v) is 8.13. The van der Waals surface area contributed by atoms with Gasteiger partial charge in [-0.3, -0.25) is 4.79 Å². The number of amides is 1. The number of nitrogens with one attached hydrogen (secondary N) is 2. The minimum Gasteiger partial charge on any atom is -0.492 e. The molecule has 0 aliphatic carbocycles. The van der Waals surface area contributed by atoms with Crippen molar-refractivity contribution in [3.05, 3.63) is 24.3 Å². The second kappa shape index (κ2) is 11.3. The van der Waals surface area contributed by atoms with Gasteiger partial charge in [0.15, 0.2) is 0 Å². The van der Waals surface area contributed by atoms with Crippen LogP contribution < -0.4 is 15.4 Å². The molecule has 1 fully saturated rings. The molecule has 0 unspecified atom stereocenters. The van der Waals surface area contributed by atoms with E-state index in [4.69, 9.17) is 9.47 Å². The zero-order valence-electron chi connectivity index (χ0n) is 14.4. The monoisotopic (exact) mass is 357 g/mol. The zero-order valence-corrected chi connectivity index (χ0v) is 15.2. The molecule has 7 heteroatoms. The molecule has 0 aromatic heterocycles. The van der Waals surface area contributed by atoms with E-state index in [2.05, 4.69) is 15.5 Å². The Hall–Kier alpha value is -1.34. The van der Waals surface area contributed by atoms with Crippen molar-refractivity contribution in [2.45, 2.75) is 18.9 Å². The van der Waals surface area contributed by atoms with Gasteiger partial charge in [-0.2, -0.15) is 0 Å². The molecule has 6 nitrogen and oxygen atoms in total. The average molecular weight is 358 g/mol. The molecule has 0 radical (unpaired) electrons. The number of nitrogens with zero attached hydrogens (tertiary/aromatic N) is 1. The van der Waals surface area contributed by atoms with E-state index in [0.29, 0.717) is 6.61 Å². The van der Waals surface area contributed by atoms with Gasteiger partial charge in [0.1, 0.15) is 19.0 Å². The highest BCUT2D eigenvalue weighted by molar-refractivity contribution is 5.91. The molecule has 136 valence electrons. The summed E-state index contributed by atoms with van der Waals surface area (Å²) in [4.78, 5) is 14.0. The van der Waals surface area contributed by atoms with Gasteiger partial charge in [-0.05, 0) is 64.3 Å². The summed E-state index contributed by atoms with van der Waals surface area (Å²) in [7, 11) is 4.02.